The molecule has 4 heterocycles. The number of allylic oxidation sites excluding steroid dienone is 1. The number of nitro groups is 1. The van der Waals surface area contributed by atoms with Gasteiger partial charge in [-0.15, -0.1) is 0 Å². The summed E-state index contributed by atoms with van der Waals surface area (Å²) in [6.07, 6.45) is 7.15. The van der Waals surface area contributed by atoms with Crippen molar-refractivity contribution < 1.29 is 27.6 Å². The van der Waals surface area contributed by atoms with Gasteiger partial charge < -0.3 is 19.4 Å². The van der Waals surface area contributed by atoms with Crippen LogP contribution in [-0.2, 0) is 16.4 Å². The average Bonchev–Trinajstić information content (AvgIpc) is 3.66. The number of carbonyl (C=O) groups excluding carboxylic acids is 1. The van der Waals surface area contributed by atoms with E-state index in [0.29, 0.717) is 29.8 Å². The van der Waals surface area contributed by atoms with Crippen molar-refractivity contribution in [1.82, 2.24) is 19.6 Å². The molecule has 2 aliphatic heterocycles. The van der Waals surface area contributed by atoms with Gasteiger partial charge in [0.2, 0.25) is 0 Å². The standard InChI is InChI=1S/C43H45ClN6O7S/c1-27-4-10-35-38(50(52)53)22-34(23-40(35)56-27)58(54,55)47-42(51)36-11-9-32(21-39(36)57-33-20-29-13-15-45-41(29)46-25-33)49-18-16-48(17-19-49)26-30-12-14-43(2,3)24-37(30)28-5-7-31(44)8-6-28/h5-9,11,13,15,20-23,25,27H,4,10,12,14,16-19,24,26H2,1-3H3,(H,45,46)(H,47,51)/t27-/m0/s1. The second kappa shape index (κ2) is 15.7. The molecule has 1 saturated heterocycles. The van der Waals surface area contributed by atoms with Gasteiger partial charge in [0, 0.05) is 73.2 Å². The molecule has 8 rings (SSSR count). The summed E-state index contributed by atoms with van der Waals surface area (Å²) in [5.41, 5.74) is 5.71. The molecule has 3 aromatic carbocycles. The summed E-state index contributed by atoms with van der Waals surface area (Å²) in [6.45, 7) is 10.4. The average molecular weight is 825 g/mol. The van der Waals surface area contributed by atoms with E-state index in [1.54, 1.807) is 31.3 Å². The van der Waals surface area contributed by atoms with Crippen molar-refractivity contribution in [1.29, 1.82) is 0 Å². The van der Waals surface area contributed by atoms with Crippen LogP contribution < -0.4 is 19.1 Å². The zero-order valence-electron chi connectivity index (χ0n) is 32.6. The molecule has 2 aromatic heterocycles. The minimum Gasteiger partial charge on any atom is -0.490 e. The highest BCUT2D eigenvalue weighted by Crippen LogP contribution is 2.44. The fraction of sp³-hybridized carbons (Fsp3) is 0.349. The van der Waals surface area contributed by atoms with E-state index in [-0.39, 0.29) is 34.3 Å². The topological polar surface area (TPSA) is 160 Å². The molecule has 0 radical (unpaired) electrons. The molecule has 15 heteroatoms. The van der Waals surface area contributed by atoms with Crippen LogP contribution in [0.3, 0.4) is 0 Å². The lowest BCUT2D eigenvalue weighted by Crippen LogP contribution is -2.47. The van der Waals surface area contributed by atoms with E-state index in [9.17, 15) is 23.3 Å². The van der Waals surface area contributed by atoms with Crippen molar-refractivity contribution in [2.75, 3.05) is 37.6 Å². The summed E-state index contributed by atoms with van der Waals surface area (Å²) in [4.78, 5) is 36.9. The van der Waals surface area contributed by atoms with Crippen LogP contribution in [0.25, 0.3) is 16.6 Å². The van der Waals surface area contributed by atoms with Crippen LogP contribution >= 0.6 is 11.6 Å². The number of ether oxygens (including phenoxy) is 2. The van der Waals surface area contributed by atoms with E-state index in [1.807, 2.05) is 18.2 Å². The van der Waals surface area contributed by atoms with Gasteiger partial charge in [0.25, 0.3) is 21.6 Å². The molecule has 1 atom stereocenters. The predicted octanol–water partition coefficient (Wildman–Crippen LogP) is 8.53. The normalized spacial score (nSPS) is 18.4. The molecule has 302 valence electrons. The van der Waals surface area contributed by atoms with E-state index in [0.717, 1.165) is 74.1 Å². The summed E-state index contributed by atoms with van der Waals surface area (Å²) >= 11 is 6.23. The zero-order valence-corrected chi connectivity index (χ0v) is 34.2. The highest BCUT2D eigenvalue weighted by molar-refractivity contribution is 7.90. The van der Waals surface area contributed by atoms with E-state index in [1.165, 1.54) is 35.0 Å². The Morgan fingerprint density at radius 1 is 1.07 bits per heavy atom. The number of carbonyl (C=O) groups is 1. The molecule has 1 aliphatic carbocycles. The first-order valence-electron chi connectivity index (χ1n) is 19.5. The van der Waals surface area contributed by atoms with Gasteiger partial charge >= 0.3 is 0 Å². The maximum Gasteiger partial charge on any atom is 0.277 e. The number of aromatic amines is 1. The highest BCUT2D eigenvalue weighted by atomic mass is 35.5. The Bertz CT molecular complexity index is 2550. The summed E-state index contributed by atoms with van der Waals surface area (Å²) in [5, 5.41) is 13.5. The first-order valence-corrected chi connectivity index (χ1v) is 21.3. The molecule has 58 heavy (non-hydrogen) atoms. The highest BCUT2D eigenvalue weighted by Gasteiger charge is 2.32. The molecule has 0 bridgehead atoms. The number of H-pyrrole nitrogens is 1. The van der Waals surface area contributed by atoms with Crippen LogP contribution in [0.5, 0.6) is 17.2 Å². The number of nitrogens with one attached hydrogen (secondary N) is 2. The number of fused-ring (bicyclic) bond motifs is 2. The van der Waals surface area contributed by atoms with Crippen LogP contribution in [0, 0.1) is 15.5 Å². The minimum absolute atomic E-state index is 0.0423. The van der Waals surface area contributed by atoms with Crippen molar-refractivity contribution in [3.63, 3.8) is 0 Å². The Balaban J connectivity index is 1.04. The van der Waals surface area contributed by atoms with Crippen LogP contribution in [0.4, 0.5) is 11.4 Å². The van der Waals surface area contributed by atoms with E-state index < -0.39 is 25.7 Å². The summed E-state index contributed by atoms with van der Waals surface area (Å²) in [5.74, 6) is -0.371. The first-order chi connectivity index (χ1) is 27.7. The van der Waals surface area contributed by atoms with Gasteiger partial charge in [-0.2, -0.15) is 0 Å². The lowest BCUT2D eigenvalue weighted by atomic mass is 9.72. The van der Waals surface area contributed by atoms with Gasteiger partial charge in [-0.05, 0) is 92.0 Å². The molecule has 1 amide bonds. The fourth-order valence-corrected chi connectivity index (χ4v) is 9.25. The Kier molecular flexibility index (Phi) is 10.7. The largest absolute Gasteiger partial charge is 0.490 e. The molecule has 5 aromatic rings. The van der Waals surface area contributed by atoms with Crippen LogP contribution in [0.1, 0.15) is 67.9 Å². The smallest absolute Gasteiger partial charge is 0.277 e. The number of hydrogen-bond donors (Lipinski definition) is 2. The Labute approximate surface area is 342 Å². The quantitative estimate of drug-likeness (QED) is 0.103. The van der Waals surface area contributed by atoms with Gasteiger partial charge in [0.1, 0.15) is 22.9 Å². The van der Waals surface area contributed by atoms with Gasteiger partial charge in [0.05, 0.1) is 33.2 Å². The molecule has 0 unspecified atom stereocenters. The number of nitro benzene ring substituents is 1. The van der Waals surface area contributed by atoms with Gasteiger partial charge in [0.15, 0.2) is 0 Å². The SMILES string of the molecule is C[C@H]1CCc2c(cc(S(=O)(=O)NC(=O)c3ccc(N4CCN(CC5=C(c6ccc(Cl)cc6)CC(C)(C)CC5)CC4)cc3Oc3cnc4[nH]ccc4c3)cc2[N+](=O)[O-])O1. The van der Waals surface area contributed by atoms with Gasteiger partial charge in [-0.25, -0.2) is 18.1 Å². The van der Waals surface area contributed by atoms with Crippen molar-refractivity contribution in [2.24, 2.45) is 5.41 Å². The number of anilines is 1. The lowest BCUT2D eigenvalue weighted by molar-refractivity contribution is -0.386. The number of rotatable bonds is 10. The Morgan fingerprint density at radius 3 is 2.60 bits per heavy atom. The molecule has 0 spiro atoms. The van der Waals surface area contributed by atoms with E-state index >= 15 is 0 Å². The number of piperazine rings is 1. The number of pyridine rings is 1. The van der Waals surface area contributed by atoms with E-state index in [2.05, 4.69) is 50.5 Å². The summed E-state index contributed by atoms with van der Waals surface area (Å²) < 4.78 is 41.6. The Hall–Kier alpha value is -5.44. The van der Waals surface area contributed by atoms with Gasteiger partial charge in [-0.1, -0.05) is 43.2 Å². The molecular weight excluding hydrogens is 780 g/mol. The van der Waals surface area contributed by atoms with Crippen molar-refractivity contribution in [2.45, 2.75) is 63.9 Å². The minimum atomic E-state index is -4.59. The molecule has 2 N–H and O–H groups in total. The lowest BCUT2D eigenvalue weighted by Gasteiger charge is -2.39. The van der Waals surface area contributed by atoms with Crippen LogP contribution in [-0.4, -0.2) is 72.9 Å². The molecule has 0 saturated carbocycles. The van der Waals surface area contributed by atoms with Crippen molar-refractivity contribution in [3.8, 4) is 17.2 Å². The van der Waals surface area contributed by atoms with Crippen molar-refractivity contribution in [3.05, 3.63) is 117 Å². The first kappa shape index (κ1) is 39.4. The van der Waals surface area contributed by atoms with Gasteiger partial charge in [-0.3, -0.25) is 19.8 Å². The number of halogens is 1. The number of amides is 1. The van der Waals surface area contributed by atoms with E-state index in [4.69, 9.17) is 21.1 Å². The third kappa shape index (κ3) is 8.40. The maximum absolute atomic E-state index is 13.9. The molecule has 13 nitrogen and oxygen atoms in total. The van der Waals surface area contributed by atoms with Crippen molar-refractivity contribution >= 4 is 55.5 Å². The Morgan fingerprint density at radius 2 is 1.84 bits per heavy atom. The summed E-state index contributed by atoms with van der Waals surface area (Å²) in [6, 6.07) is 19.0. The second-order valence-electron chi connectivity index (χ2n) is 16.1. The second-order valence-corrected chi connectivity index (χ2v) is 18.3. The molecular formula is C43H45ClN6O7S. The third-order valence-electron chi connectivity index (χ3n) is 11.4. The zero-order chi connectivity index (χ0) is 40.8. The third-order valence-corrected chi connectivity index (χ3v) is 12.9. The number of hydrogen-bond acceptors (Lipinski definition) is 10. The molecule has 3 aliphatic rings. The number of aromatic nitrogens is 2. The predicted molar refractivity (Wildman–Crippen MR) is 223 cm³/mol. The molecule has 1 fully saturated rings. The number of benzene rings is 3. The van der Waals surface area contributed by atoms with Crippen LogP contribution in [0.2, 0.25) is 5.02 Å². The summed E-state index contributed by atoms with van der Waals surface area (Å²) in [7, 11) is -4.59. The number of nitrogens with zero attached hydrogens (tertiary/aromatic N) is 4. The van der Waals surface area contributed by atoms with Crippen LogP contribution in [0.15, 0.2) is 89.6 Å². The fourth-order valence-electron chi connectivity index (χ4n) is 8.12. The number of sulfonamides is 1. The monoisotopic (exact) mass is 824 g/mol. The maximum atomic E-state index is 13.9.